The average molecular weight is 499 g/mol. The number of benzene rings is 3. The number of rotatable bonds is 7. The van der Waals surface area contributed by atoms with Crippen molar-refractivity contribution in [2.24, 2.45) is 0 Å². The molecule has 0 saturated carbocycles. The van der Waals surface area contributed by atoms with Crippen LogP contribution in [0.3, 0.4) is 0 Å². The number of carbonyl (C=O) groups excluding carboxylic acids is 2. The highest BCUT2D eigenvalue weighted by atomic mass is 32.1. The molecule has 0 fully saturated rings. The van der Waals surface area contributed by atoms with E-state index < -0.39 is 0 Å². The van der Waals surface area contributed by atoms with Gasteiger partial charge < -0.3 is 14.4 Å². The topological polar surface area (TPSA) is 68.7 Å². The van der Waals surface area contributed by atoms with Crippen molar-refractivity contribution in [1.82, 2.24) is 4.98 Å². The number of esters is 1. The highest BCUT2D eigenvalue weighted by molar-refractivity contribution is 7.10. The lowest BCUT2D eigenvalue weighted by atomic mass is 10.1. The number of amides is 1. The molecule has 7 heteroatoms. The summed E-state index contributed by atoms with van der Waals surface area (Å²) in [6.07, 6.45) is 0.603. The molecular formula is C29H26N2O4S. The van der Waals surface area contributed by atoms with Crippen LogP contribution in [0.2, 0.25) is 0 Å². The van der Waals surface area contributed by atoms with Crippen molar-refractivity contribution in [3.8, 4) is 17.0 Å². The second-order valence-corrected chi connectivity index (χ2v) is 9.83. The molecule has 0 saturated heterocycles. The zero-order valence-electron chi connectivity index (χ0n) is 20.1. The van der Waals surface area contributed by atoms with Gasteiger partial charge in [-0.1, -0.05) is 42.5 Å². The molecule has 0 unspecified atom stereocenters. The van der Waals surface area contributed by atoms with Gasteiger partial charge in [-0.25, -0.2) is 9.78 Å². The first-order chi connectivity index (χ1) is 17.5. The molecule has 4 aromatic rings. The molecule has 0 aliphatic carbocycles. The number of ether oxygens (including phenoxy) is 2. The van der Waals surface area contributed by atoms with Gasteiger partial charge in [-0.05, 0) is 55.3 Å². The minimum Gasteiger partial charge on any atom is -0.482 e. The number of carbonyl (C=O) groups is 2. The molecular weight excluding hydrogens is 472 g/mol. The van der Waals surface area contributed by atoms with Crippen molar-refractivity contribution in [2.45, 2.75) is 32.9 Å². The fourth-order valence-electron chi connectivity index (χ4n) is 4.04. The number of aromatic nitrogens is 1. The average Bonchev–Trinajstić information content (AvgIpc) is 3.34. The highest BCUT2D eigenvalue weighted by Crippen LogP contribution is 2.37. The molecule has 36 heavy (non-hydrogen) atoms. The van der Waals surface area contributed by atoms with E-state index in [2.05, 4.69) is 12.1 Å². The number of hydrogen-bond acceptors (Lipinski definition) is 6. The van der Waals surface area contributed by atoms with Crippen LogP contribution in [-0.4, -0.2) is 29.6 Å². The van der Waals surface area contributed by atoms with E-state index in [-0.39, 0.29) is 24.6 Å². The standard InChI is InChI=1S/C29H26N2O4S/c1-19(2)35-29(33)22-10-8-21(9-11-22)16-31-25-15-23(12-13-26(25)34-17-28(31)32)24-18-36-27(30-24)14-20-6-4-3-5-7-20/h3-13,15,18-19H,14,16-17H2,1-2H3. The van der Waals surface area contributed by atoms with E-state index in [0.29, 0.717) is 23.5 Å². The van der Waals surface area contributed by atoms with E-state index in [4.69, 9.17) is 14.5 Å². The molecule has 6 nitrogen and oxygen atoms in total. The molecule has 0 radical (unpaired) electrons. The molecule has 2 heterocycles. The van der Waals surface area contributed by atoms with E-state index in [9.17, 15) is 9.59 Å². The van der Waals surface area contributed by atoms with Gasteiger partial charge in [0.2, 0.25) is 0 Å². The molecule has 1 aliphatic heterocycles. The van der Waals surface area contributed by atoms with Crippen LogP contribution in [0.4, 0.5) is 5.69 Å². The molecule has 3 aromatic carbocycles. The summed E-state index contributed by atoms with van der Waals surface area (Å²) < 4.78 is 11.0. The summed E-state index contributed by atoms with van der Waals surface area (Å²) in [4.78, 5) is 31.5. The Hall–Kier alpha value is -3.97. The smallest absolute Gasteiger partial charge is 0.338 e. The van der Waals surface area contributed by atoms with Gasteiger partial charge in [0.25, 0.3) is 5.91 Å². The summed E-state index contributed by atoms with van der Waals surface area (Å²) in [5, 5.41) is 3.08. The monoisotopic (exact) mass is 498 g/mol. The van der Waals surface area contributed by atoms with Crippen LogP contribution in [0.25, 0.3) is 11.3 Å². The SMILES string of the molecule is CC(C)OC(=O)c1ccc(CN2C(=O)COc3ccc(-c4csc(Cc5ccccc5)n4)cc32)cc1. The third-order valence-corrected chi connectivity index (χ3v) is 6.67. The normalized spacial score (nSPS) is 12.9. The zero-order valence-corrected chi connectivity index (χ0v) is 21.0. The van der Waals surface area contributed by atoms with Crippen LogP contribution in [0, 0.1) is 0 Å². The van der Waals surface area contributed by atoms with E-state index in [1.807, 2.05) is 67.8 Å². The molecule has 1 aliphatic rings. The van der Waals surface area contributed by atoms with Crippen molar-refractivity contribution in [1.29, 1.82) is 0 Å². The summed E-state index contributed by atoms with van der Waals surface area (Å²) in [6.45, 7) is 3.99. The Morgan fingerprint density at radius 2 is 1.83 bits per heavy atom. The van der Waals surface area contributed by atoms with E-state index in [1.54, 1.807) is 28.4 Å². The van der Waals surface area contributed by atoms with Crippen LogP contribution in [-0.2, 0) is 22.5 Å². The van der Waals surface area contributed by atoms with Gasteiger partial charge in [-0.2, -0.15) is 0 Å². The molecule has 5 rings (SSSR count). The molecule has 0 spiro atoms. The number of hydrogen-bond donors (Lipinski definition) is 0. The van der Waals surface area contributed by atoms with E-state index in [0.717, 1.165) is 28.2 Å². The highest BCUT2D eigenvalue weighted by Gasteiger charge is 2.26. The van der Waals surface area contributed by atoms with Gasteiger partial charge in [0.15, 0.2) is 6.61 Å². The fraction of sp³-hybridized carbons (Fsp3) is 0.207. The van der Waals surface area contributed by atoms with Crippen LogP contribution >= 0.6 is 11.3 Å². The second kappa shape index (κ2) is 10.3. The lowest BCUT2D eigenvalue weighted by molar-refractivity contribution is -0.121. The predicted molar refractivity (Wildman–Crippen MR) is 140 cm³/mol. The number of thiazole rings is 1. The van der Waals surface area contributed by atoms with Crippen LogP contribution in [0.15, 0.2) is 78.2 Å². The third kappa shape index (κ3) is 5.31. The quantitative estimate of drug-likeness (QED) is 0.297. The molecule has 0 N–H and O–H groups in total. The fourth-order valence-corrected chi connectivity index (χ4v) is 4.88. The summed E-state index contributed by atoms with van der Waals surface area (Å²) in [7, 11) is 0. The van der Waals surface area contributed by atoms with Gasteiger partial charge >= 0.3 is 5.97 Å². The van der Waals surface area contributed by atoms with Crippen molar-refractivity contribution in [2.75, 3.05) is 11.5 Å². The second-order valence-electron chi connectivity index (χ2n) is 8.89. The van der Waals surface area contributed by atoms with Crippen molar-refractivity contribution in [3.63, 3.8) is 0 Å². The first-order valence-corrected chi connectivity index (χ1v) is 12.7. The zero-order chi connectivity index (χ0) is 25.1. The number of anilines is 1. The minimum absolute atomic E-state index is 0.0108. The molecule has 0 atom stereocenters. The summed E-state index contributed by atoms with van der Waals surface area (Å²) in [6, 6.07) is 23.2. The minimum atomic E-state index is -0.358. The maximum Gasteiger partial charge on any atom is 0.338 e. The Balaban J connectivity index is 1.36. The van der Waals surface area contributed by atoms with Gasteiger partial charge in [-0.15, -0.1) is 11.3 Å². The Morgan fingerprint density at radius 1 is 1.06 bits per heavy atom. The van der Waals surface area contributed by atoms with Gasteiger partial charge in [0.1, 0.15) is 5.75 Å². The predicted octanol–water partition coefficient (Wildman–Crippen LogP) is 5.89. The number of fused-ring (bicyclic) bond motifs is 1. The first kappa shape index (κ1) is 23.8. The Morgan fingerprint density at radius 3 is 2.58 bits per heavy atom. The Labute approximate surface area is 214 Å². The largest absolute Gasteiger partial charge is 0.482 e. The molecule has 1 amide bonds. The van der Waals surface area contributed by atoms with E-state index >= 15 is 0 Å². The van der Waals surface area contributed by atoms with Crippen molar-refractivity contribution < 1.29 is 19.1 Å². The molecule has 1 aromatic heterocycles. The number of nitrogens with zero attached hydrogens (tertiary/aromatic N) is 2. The lowest BCUT2D eigenvalue weighted by Crippen LogP contribution is -2.38. The van der Waals surface area contributed by atoms with Crippen molar-refractivity contribution in [3.05, 3.63) is 99.9 Å². The maximum absolute atomic E-state index is 12.8. The lowest BCUT2D eigenvalue weighted by Gasteiger charge is -2.30. The van der Waals surface area contributed by atoms with Crippen LogP contribution < -0.4 is 9.64 Å². The maximum atomic E-state index is 12.8. The first-order valence-electron chi connectivity index (χ1n) is 11.8. The van der Waals surface area contributed by atoms with Crippen LogP contribution in [0.1, 0.15) is 40.3 Å². The molecule has 182 valence electrons. The summed E-state index contributed by atoms with van der Waals surface area (Å²) in [5.41, 5.74) is 5.13. The van der Waals surface area contributed by atoms with Crippen molar-refractivity contribution >= 4 is 28.9 Å². The van der Waals surface area contributed by atoms with Crippen LogP contribution in [0.5, 0.6) is 5.75 Å². The van der Waals surface area contributed by atoms with E-state index in [1.165, 1.54) is 5.56 Å². The van der Waals surface area contributed by atoms with Gasteiger partial charge in [-0.3, -0.25) is 4.79 Å². The van der Waals surface area contributed by atoms with Gasteiger partial charge in [0, 0.05) is 17.4 Å². The Bertz CT molecular complexity index is 1380. The third-order valence-electron chi connectivity index (χ3n) is 5.82. The molecule has 0 bridgehead atoms. The Kier molecular flexibility index (Phi) is 6.82. The van der Waals surface area contributed by atoms with Gasteiger partial charge in [0.05, 0.1) is 34.6 Å². The summed E-state index contributed by atoms with van der Waals surface area (Å²) >= 11 is 1.63. The summed E-state index contributed by atoms with van der Waals surface area (Å²) in [5.74, 6) is 0.185.